The maximum atomic E-state index is 10.4. The third-order valence-electron chi connectivity index (χ3n) is 2.21. The standard InChI is InChI=1S/C10H15N3O2S/c1-10(2,16-3)7-12-8-4-5-9(11-6-8)13(14)15/h4-6,12H,7H2,1-3H3. The molecule has 1 N–H and O–H groups in total. The van der Waals surface area contributed by atoms with E-state index in [9.17, 15) is 10.1 Å². The summed E-state index contributed by atoms with van der Waals surface area (Å²) in [5.74, 6) is -0.130. The first-order valence-electron chi connectivity index (χ1n) is 4.84. The Labute approximate surface area is 98.8 Å². The minimum absolute atomic E-state index is 0.127. The van der Waals surface area contributed by atoms with E-state index >= 15 is 0 Å². The number of nitro groups is 1. The van der Waals surface area contributed by atoms with Gasteiger partial charge in [0.25, 0.3) is 0 Å². The lowest BCUT2D eigenvalue weighted by molar-refractivity contribution is -0.389. The topological polar surface area (TPSA) is 68.1 Å². The van der Waals surface area contributed by atoms with Crippen molar-refractivity contribution in [1.29, 1.82) is 0 Å². The molecule has 1 heterocycles. The van der Waals surface area contributed by atoms with Gasteiger partial charge in [-0.25, -0.2) is 0 Å². The first-order chi connectivity index (χ1) is 7.44. The number of anilines is 1. The average Bonchev–Trinajstić information content (AvgIpc) is 2.27. The Kier molecular flexibility index (Phi) is 4.12. The van der Waals surface area contributed by atoms with E-state index < -0.39 is 4.92 Å². The van der Waals surface area contributed by atoms with Crippen LogP contribution in [0.3, 0.4) is 0 Å². The van der Waals surface area contributed by atoms with Crippen LogP contribution in [0.4, 0.5) is 11.5 Å². The summed E-state index contributed by atoms with van der Waals surface area (Å²) in [6, 6.07) is 3.07. The van der Waals surface area contributed by atoms with Gasteiger partial charge >= 0.3 is 5.82 Å². The summed E-state index contributed by atoms with van der Waals surface area (Å²) in [5, 5.41) is 13.6. The summed E-state index contributed by atoms with van der Waals surface area (Å²) < 4.78 is 0.127. The molecule has 0 amide bonds. The highest BCUT2D eigenvalue weighted by Gasteiger charge is 2.15. The van der Waals surface area contributed by atoms with E-state index in [1.165, 1.54) is 12.3 Å². The monoisotopic (exact) mass is 241 g/mol. The molecule has 0 spiro atoms. The summed E-state index contributed by atoms with van der Waals surface area (Å²) in [6.07, 6.45) is 3.53. The van der Waals surface area contributed by atoms with E-state index in [0.29, 0.717) is 0 Å². The fourth-order valence-electron chi connectivity index (χ4n) is 0.986. The Balaban J connectivity index is 2.59. The minimum atomic E-state index is -0.504. The Bertz CT molecular complexity index is 365. The number of rotatable bonds is 5. The van der Waals surface area contributed by atoms with Crippen molar-refractivity contribution in [3.63, 3.8) is 0 Å². The van der Waals surface area contributed by atoms with Gasteiger partial charge in [0.2, 0.25) is 0 Å². The van der Waals surface area contributed by atoms with Crippen molar-refractivity contribution in [2.24, 2.45) is 0 Å². The molecule has 0 fully saturated rings. The van der Waals surface area contributed by atoms with Gasteiger partial charge in [-0.1, -0.05) is 0 Å². The van der Waals surface area contributed by atoms with Gasteiger partial charge < -0.3 is 15.4 Å². The fourth-order valence-corrected chi connectivity index (χ4v) is 1.20. The molecule has 0 atom stereocenters. The smallest absolute Gasteiger partial charge is 0.363 e. The lowest BCUT2D eigenvalue weighted by Gasteiger charge is -2.22. The number of hydrogen-bond acceptors (Lipinski definition) is 5. The number of nitrogens with zero attached hydrogens (tertiary/aromatic N) is 2. The molecule has 0 radical (unpaired) electrons. The molecular formula is C10H15N3O2S. The number of hydrogen-bond donors (Lipinski definition) is 1. The van der Waals surface area contributed by atoms with E-state index in [2.05, 4.69) is 30.4 Å². The lowest BCUT2D eigenvalue weighted by atomic mass is 10.2. The van der Waals surface area contributed by atoms with Gasteiger partial charge in [-0.2, -0.15) is 11.8 Å². The minimum Gasteiger partial charge on any atom is -0.381 e. The van der Waals surface area contributed by atoms with Crippen LogP contribution in [0.25, 0.3) is 0 Å². The number of thioether (sulfide) groups is 1. The maximum Gasteiger partial charge on any atom is 0.363 e. The van der Waals surface area contributed by atoms with E-state index in [1.54, 1.807) is 17.8 Å². The van der Waals surface area contributed by atoms with Crippen LogP contribution in [0.1, 0.15) is 13.8 Å². The molecule has 88 valence electrons. The first-order valence-corrected chi connectivity index (χ1v) is 6.06. The molecule has 0 bridgehead atoms. The van der Waals surface area contributed by atoms with Crippen LogP contribution < -0.4 is 5.32 Å². The van der Waals surface area contributed by atoms with E-state index in [0.717, 1.165) is 12.2 Å². The molecule has 16 heavy (non-hydrogen) atoms. The van der Waals surface area contributed by atoms with Crippen molar-refractivity contribution < 1.29 is 4.92 Å². The van der Waals surface area contributed by atoms with Crippen LogP contribution in [-0.4, -0.2) is 27.5 Å². The van der Waals surface area contributed by atoms with Gasteiger partial charge in [-0.05, 0) is 36.1 Å². The van der Waals surface area contributed by atoms with Crippen molar-refractivity contribution in [2.75, 3.05) is 18.1 Å². The van der Waals surface area contributed by atoms with Crippen molar-refractivity contribution in [2.45, 2.75) is 18.6 Å². The highest BCUT2D eigenvalue weighted by atomic mass is 32.2. The normalized spacial score (nSPS) is 11.2. The second-order valence-corrected chi connectivity index (χ2v) is 5.49. The molecule has 0 aliphatic heterocycles. The molecule has 0 aromatic carbocycles. The average molecular weight is 241 g/mol. The molecule has 0 aliphatic rings. The Morgan fingerprint density at radius 3 is 2.69 bits per heavy atom. The summed E-state index contributed by atoms with van der Waals surface area (Å²) in [6.45, 7) is 5.04. The third-order valence-corrected chi connectivity index (χ3v) is 3.46. The molecule has 0 saturated carbocycles. The second kappa shape index (κ2) is 5.16. The highest BCUT2D eigenvalue weighted by molar-refractivity contribution is 7.99. The summed E-state index contributed by atoms with van der Waals surface area (Å²) in [5.41, 5.74) is 0.799. The van der Waals surface area contributed by atoms with Gasteiger partial charge in [-0.15, -0.1) is 0 Å². The molecule has 0 unspecified atom stereocenters. The van der Waals surface area contributed by atoms with Gasteiger partial charge in [0.1, 0.15) is 0 Å². The lowest BCUT2D eigenvalue weighted by Crippen LogP contribution is -2.25. The largest absolute Gasteiger partial charge is 0.381 e. The Morgan fingerprint density at radius 2 is 2.25 bits per heavy atom. The van der Waals surface area contributed by atoms with E-state index in [1.807, 2.05) is 0 Å². The molecule has 1 rings (SSSR count). The van der Waals surface area contributed by atoms with E-state index in [4.69, 9.17) is 0 Å². The number of pyridine rings is 1. The van der Waals surface area contributed by atoms with Gasteiger partial charge in [-0.3, -0.25) is 0 Å². The van der Waals surface area contributed by atoms with Crippen LogP contribution in [0.15, 0.2) is 18.3 Å². The van der Waals surface area contributed by atoms with Crippen LogP contribution in [-0.2, 0) is 0 Å². The molecule has 5 nitrogen and oxygen atoms in total. The molecule has 1 aromatic heterocycles. The summed E-state index contributed by atoms with van der Waals surface area (Å²) in [7, 11) is 0. The molecule has 0 aliphatic carbocycles. The third kappa shape index (κ3) is 3.69. The second-order valence-electron chi connectivity index (χ2n) is 3.98. The van der Waals surface area contributed by atoms with E-state index in [-0.39, 0.29) is 10.6 Å². The molecule has 6 heteroatoms. The summed E-state index contributed by atoms with van der Waals surface area (Å²) in [4.78, 5) is 13.6. The quantitative estimate of drug-likeness (QED) is 0.633. The molecule has 1 aromatic rings. The van der Waals surface area contributed by atoms with Crippen molar-refractivity contribution in [3.8, 4) is 0 Å². The number of nitrogens with one attached hydrogen (secondary N) is 1. The van der Waals surface area contributed by atoms with Crippen LogP contribution in [0.2, 0.25) is 0 Å². The van der Waals surface area contributed by atoms with Crippen molar-refractivity contribution in [1.82, 2.24) is 4.98 Å². The SMILES string of the molecule is CSC(C)(C)CNc1ccc([N+](=O)[O-])nc1. The predicted molar refractivity (Wildman–Crippen MR) is 67.0 cm³/mol. The van der Waals surface area contributed by atoms with Gasteiger partial charge in [0.05, 0.1) is 5.69 Å². The highest BCUT2D eigenvalue weighted by Crippen LogP contribution is 2.21. The number of aromatic nitrogens is 1. The van der Waals surface area contributed by atoms with Gasteiger partial charge in [0, 0.05) is 17.4 Å². The Morgan fingerprint density at radius 1 is 1.56 bits per heavy atom. The van der Waals surface area contributed by atoms with Crippen LogP contribution >= 0.6 is 11.8 Å². The zero-order valence-electron chi connectivity index (χ0n) is 9.56. The van der Waals surface area contributed by atoms with Crippen molar-refractivity contribution >= 4 is 23.3 Å². The van der Waals surface area contributed by atoms with Crippen LogP contribution in [0, 0.1) is 10.1 Å². The molecular weight excluding hydrogens is 226 g/mol. The molecule has 0 saturated heterocycles. The van der Waals surface area contributed by atoms with Crippen molar-refractivity contribution in [3.05, 3.63) is 28.4 Å². The maximum absolute atomic E-state index is 10.4. The Hall–Kier alpha value is -1.30. The van der Waals surface area contributed by atoms with Gasteiger partial charge in [0.15, 0.2) is 6.20 Å². The fraction of sp³-hybridized carbons (Fsp3) is 0.500. The zero-order chi connectivity index (χ0) is 12.2. The summed E-state index contributed by atoms with van der Waals surface area (Å²) >= 11 is 1.76. The first kappa shape index (κ1) is 12.8. The zero-order valence-corrected chi connectivity index (χ0v) is 10.4. The van der Waals surface area contributed by atoms with Crippen LogP contribution in [0.5, 0.6) is 0 Å². The predicted octanol–water partition coefficient (Wildman–Crippen LogP) is 2.54.